The van der Waals surface area contributed by atoms with Crippen LogP contribution in [0.3, 0.4) is 0 Å². The normalized spacial score (nSPS) is 13.9. The molecule has 0 saturated carbocycles. The Hall–Kier alpha value is -0.300. The van der Waals surface area contributed by atoms with E-state index < -0.39 is 0 Å². The molecule has 2 N–H and O–H groups in total. The fourth-order valence-electron chi connectivity index (χ4n) is 1.13. The van der Waals surface area contributed by atoms with Crippen LogP contribution in [-0.4, -0.2) is 6.04 Å². The highest BCUT2D eigenvalue weighted by Crippen LogP contribution is 2.15. The summed E-state index contributed by atoms with van der Waals surface area (Å²) in [5.41, 5.74) is 7.16. The van der Waals surface area contributed by atoms with E-state index in [1.165, 1.54) is 12.0 Å². The summed E-state index contributed by atoms with van der Waals surface area (Å²) in [5.74, 6) is 1.27. The Labute approximate surface area is 77.0 Å². The lowest BCUT2D eigenvalue weighted by molar-refractivity contribution is 0.505. The van der Waals surface area contributed by atoms with Crippen molar-refractivity contribution in [2.24, 2.45) is 17.6 Å². The standard InChI is InChI=1S/C11H23N/c1-8(2)6-7-11(12)10(5)9(3)4/h8-9,11H,5-7,12H2,1-4H3. The zero-order valence-electron chi connectivity index (χ0n) is 8.93. The number of nitrogens with two attached hydrogens (primary N) is 1. The number of hydrogen-bond acceptors (Lipinski definition) is 1. The van der Waals surface area contributed by atoms with Crippen LogP contribution < -0.4 is 5.73 Å². The van der Waals surface area contributed by atoms with Crippen LogP contribution in [0.15, 0.2) is 12.2 Å². The maximum atomic E-state index is 5.97. The molecule has 1 atom stereocenters. The maximum Gasteiger partial charge on any atom is 0.0253 e. The fourth-order valence-corrected chi connectivity index (χ4v) is 1.13. The summed E-state index contributed by atoms with van der Waals surface area (Å²) in [6.07, 6.45) is 2.28. The van der Waals surface area contributed by atoms with E-state index in [1.807, 2.05) is 0 Å². The molecule has 0 fully saturated rings. The van der Waals surface area contributed by atoms with Crippen LogP contribution in [0.25, 0.3) is 0 Å². The van der Waals surface area contributed by atoms with Crippen LogP contribution in [0.1, 0.15) is 40.5 Å². The minimum atomic E-state index is 0.201. The van der Waals surface area contributed by atoms with Gasteiger partial charge in [-0.05, 0) is 24.7 Å². The van der Waals surface area contributed by atoms with Gasteiger partial charge in [0, 0.05) is 6.04 Å². The van der Waals surface area contributed by atoms with Gasteiger partial charge in [-0.1, -0.05) is 39.8 Å². The van der Waals surface area contributed by atoms with Gasteiger partial charge in [0.1, 0.15) is 0 Å². The van der Waals surface area contributed by atoms with Gasteiger partial charge in [-0.25, -0.2) is 0 Å². The molecular formula is C11H23N. The molecule has 0 aliphatic heterocycles. The number of rotatable bonds is 5. The summed E-state index contributed by atoms with van der Waals surface area (Å²) in [6.45, 7) is 12.8. The zero-order valence-corrected chi connectivity index (χ0v) is 8.93. The molecule has 0 bridgehead atoms. The number of hydrogen-bond donors (Lipinski definition) is 1. The summed E-state index contributed by atoms with van der Waals surface area (Å²) < 4.78 is 0. The van der Waals surface area contributed by atoms with Gasteiger partial charge in [0.15, 0.2) is 0 Å². The van der Waals surface area contributed by atoms with Crippen molar-refractivity contribution in [1.82, 2.24) is 0 Å². The second kappa shape index (κ2) is 5.36. The molecule has 0 heterocycles. The molecule has 1 nitrogen and oxygen atoms in total. The van der Waals surface area contributed by atoms with E-state index >= 15 is 0 Å². The van der Waals surface area contributed by atoms with Crippen molar-refractivity contribution in [2.45, 2.75) is 46.6 Å². The predicted octanol–water partition coefficient (Wildman–Crippen LogP) is 2.96. The quantitative estimate of drug-likeness (QED) is 0.629. The molecule has 12 heavy (non-hydrogen) atoms. The van der Waals surface area contributed by atoms with E-state index in [-0.39, 0.29) is 6.04 Å². The second-order valence-corrected chi connectivity index (χ2v) is 4.31. The molecule has 0 rings (SSSR count). The molecule has 0 aromatic carbocycles. The highest BCUT2D eigenvalue weighted by molar-refractivity contribution is 5.06. The van der Waals surface area contributed by atoms with Crippen LogP contribution in [0, 0.1) is 11.8 Å². The highest BCUT2D eigenvalue weighted by Gasteiger charge is 2.10. The van der Waals surface area contributed by atoms with Gasteiger partial charge in [-0.3, -0.25) is 0 Å². The average molecular weight is 169 g/mol. The maximum absolute atomic E-state index is 5.97. The average Bonchev–Trinajstić information content (AvgIpc) is 1.98. The smallest absolute Gasteiger partial charge is 0.0253 e. The van der Waals surface area contributed by atoms with Crippen LogP contribution >= 0.6 is 0 Å². The van der Waals surface area contributed by atoms with Crippen LogP contribution in [0.2, 0.25) is 0 Å². The Balaban J connectivity index is 3.72. The monoisotopic (exact) mass is 169 g/mol. The second-order valence-electron chi connectivity index (χ2n) is 4.31. The summed E-state index contributed by atoms with van der Waals surface area (Å²) >= 11 is 0. The van der Waals surface area contributed by atoms with Crippen molar-refractivity contribution < 1.29 is 0 Å². The summed E-state index contributed by atoms with van der Waals surface area (Å²) in [6, 6.07) is 0.201. The first-order valence-corrected chi connectivity index (χ1v) is 4.89. The van der Waals surface area contributed by atoms with Gasteiger partial charge in [-0.2, -0.15) is 0 Å². The molecule has 72 valence electrons. The van der Waals surface area contributed by atoms with Gasteiger partial charge in [0.05, 0.1) is 0 Å². The summed E-state index contributed by atoms with van der Waals surface area (Å²) in [7, 11) is 0. The molecule has 1 unspecified atom stereocenters. The van der Waals surface area contributed by atoms with Gasteiger partial charge in [-0.15, -0.1) is 0 Å². The third kappa shape index (κ3) is 4.55. The molecule has 0 radical (unpaired) electrons. The third-order valence-corrected chi connectivity index (χ3v) is 2.27. The first kappa shape index (κ1) is 11.7. The van der Waals surface area contributed by atoms with E-state index in [9.17, 15) is 0 Å². The van der Waals surface area contributed by atoms with Crippen LogP contribution in [0.4, 0.5) is 0 Å². The van der Waals surface area contributed by atoms with Crippen molar-refractivity contribution >= 4 is 0 Å². The van der Waals surface area contributed by atoms with E-state index in [1.54, 1.807) is 0 Å². The van der Waals surface area contributed by atoms with Crippen molar-refractivity contribution in [3.8, 4) is 0 Å². The first-order chi connectivity index (χ1) is 5.45. The molecule has 0 spiro atoms. The molecule has 1 heteroatoms. The molecule has 0 aliphatic carbocycles. The fraction of sp³-hybridized carbons (Fsp3) is 0.818. The molecule has 0 aliphatic rings. The van der Waals surface area contributed by atoms with E-state index in [4.69, 9.17) is 5.73 Å². The largest absolute Gasteiger partial charge is 0.324 e. The molecule has 0 saturated heterocycles. The van der Waals surface area contributed by atoms with E-state index in [0.717, 1.165) is 12.3 Å². The van der Waals surface area contributed by atoms with Crippen molar-refractivity contribution in [1.29, 1.82) is 0 Å². The van der Waals surface area contributed by atoms with Gasteiger partial charge in [0.25, 0.3) is 0 Å². The minimum Gasteiger partial charge on any atom is -0.324 e. The third-order valence-electron chi connectivity index (χ3n) is 2.27. The van der Waals surface area contributed by atoms with Gasteiger partial charge >= 0.3 is 0 Å². The van der Waals surface area contributed by atoms with E-state index in [2.05, 4.69) is 34.3 Å². The lowest BCUT2D eigenvalue weighted by Crippen LogP contribution is -2.25. The van der Waals surface area contributed by atoms with Crippen LogP contribution in [-0.2, 0) is 0 Å². The molecular weight excluding hydrogens is 146 g/mol. The Morgan fingerprint density at radius 2 is 1.67 bits per heavy atom. The Morgan fingerprint density at radius 3 is 2.00 bits per heavy atom. The molecule has 0 amide bonds. The predicted molar refractivity (Wildman–Crippen MR) is 56.0 cm³/mol. The Morgan fingerprint density at radius 1 is 1.17 bits per heavy atom. The van der Waals surface area contributed by atoms with E-state index in [0.29, 0.717) is 5.92 Å². The van der Waals surface area contributed by atoms with Crippen molar-refractivity contribution in [3.63, 3.8) is 0 Å². The Bertz CT molecular complexity index is 136. The van der Waals surface area contributed by atoms with Gasteiger partial charge in [0.2, 0.25) is 0 Å². The van der Waals surface area contributed by atoms with Crippen molar-refractivity contribution in [3.05, 3.63) is 12.2 Å². The summed E-state index contributed by atoms with van der Waals surface area (Å²) in [5, 5.41) is 0. The topological polar surface area (TPSA) is 26.0 Å². The molecule has 0 aromatic heterocycles. The summed E-state index contributed by atoms with van der Waals surface area (Å²) in [4.78, 5) is 0. The lowest BCUT2D eigenvalue weighted by atomic mass is 9.93. The highest BCUT2D eigenvalue weighted by atomic mass is 14.6. The van der Waals surface area contributed by atoms with Gasteiger partial charge < -0.3 is 5.73 Å². The van der Waals surface area contributed by atoms with Crippen LogP contribution in [0.5, 0.6) is 0 Å². The lowest BCUT2D eigenvalue weighted by Gasteiger charge is -2.18. The Kier molecular flexibility index (Phi) is 5.23. The SMILES string of the molecule is C=C(C(C)C)C(N)CCC(C)C. The zero-order chi connectivity index (χ0) is 9.72. The first-order valence-electron chi connectivity index (χ1n) is 4.89. The molecule has 0 aromatic rings. The minimum absolute atomic E-state index is 0.201. The van der Waals surface area contributed by atoms with Crippen molar-refractivity contribution in [2.75, 3.05) is 0 Å².